The molecule has 1 aromatic carbocycles. The molecule has 0 fully saturated rings. The fourth-order valence-electron chi connectivity index (χ4n) is 1.39. The van der Waals surface area contributed by atoms with Gasteiger partial charge in [-0.25, -0.2) is 0 Å². The van der Waals surface area contributed by atoms with Crippen molar-refractivity contribution in [2.75, 3.05) is 6.61 Å². The lowest BCUT2D eigenvalue weighted by atomic mass is 10.0. The van der Waals surface area contributed by atoms with Crippen molar-refractivity contribution in [3.05, 3.63) is 28.3 Å². The van der Waals surface area contributed by atoms with Crippen LogP contribution in [0.4, 0.5) is 0 Å². The van der Waals surface area contributed by atoms with Gasteiger partial charge in [-0.3, -0.25) is 4.79 Å². The molecular formula is C10H9ClO2. The van der Waals surface area contributed by atoms with Crippen LogP contribution in [-0.2, 0) is 0 Å². The fraction of sp³-hybridized carbons (Fsp3) is 0.300. The molecule has 1 aliphatic heterocycles. The van der Waals surface area contributed by atoms with Crippen LogP contribution in [0.15, 0.2) is 12.1 Å². The molecule has 0 bridgehead atoms. The fourth-order valence-corrected chi connectivity index (χ4v) is 1.54. The third-order valence-corrected chi connectivity index (χ3v) is 2.56. The van der Waals surface area contributed by atoms with Gasteiger partial charge in [-0.05, 0) is 24.6 Å². The molecule has 2 nitrogen and oxygen atoms in total. The average molecular weight is 197 g/mol. The number of ketones is 1. The smallest absolute Gasteiger partial charge is 0.170 e. The molecule has 1 heterocycles. The standard InChI is InChI=1S/C10H9ClO2/c1-6-4-7-9(12)2-3-13-10(7)5-8(6)11/h4-5H,2-3H2,1H3. The van der Waals surface area contributed by atoms with Gasteiger partial charge in [0, 0.05) is 11.4 Å². The van der Waals surface area contributed by atoms with E-state index in [9.17, 15) is 4.79 Å². The maximum Gasteiger partial charge on any atom is 0.170 e. The molecule has 1 aromatic rings. The van der Waals surface area contributed by atoms with E-state index in [1.165, 1.54) is 0 Å². The quantitative estimate of drug-likeness (QED) is 0.638. The molecule has 0 radical (unpaired) electrons. The molecular weight excluding hydrogens is 188 g/mol. The van der Waals surface area contributed by atoms with E-state index in [0.717, 1.165) is 5.56 Å². The Morgan fingerprint density at radius 3 is 3.00 bits per heavy atom. The van der Waals surface area contributed by atoms with E-state index in [1.54, 1.807) is 12.1 Å². The molecule has 0 unspecified atom stereocenters. The summed E-state index contributed by atoms with van der Waals surface area (Å²) in [6.45, 7) is 2.34. The molecule has 0 saturated heterocycles. The van der Waals surface area contributed by atoms with E-state index in [-0.39, 0.29) is 5.78 Å². The second-order valence-corrected chi connectivity index (χ2v) is 3.53. The summed E-state index contributed by atoms with van der Waals surface area (Å²) in [6.07, 6.45) is 0.466. The lowest BCUT2D eigenvalue weighted by Gasteiger charge is -2.16. The first-order valence-corrected chi connectivity index (χ1v) is 4.52. The summed E-state index contributed by atoms with van der Waals surface area (Å²) >= 11 is 5.90. The lowest BCUT2D eigenvalue weighted by Crippen LogP contribution is -2.15. The average Bonchev–Trinajstić information content (AvgIpc) is 2.09. The number of hydrogen-bond acceptors (Lipinski definition) is 2. The number of Topliss-reactive ketones (excluding diaryl/α,β-unsaturated/α-hetero) is 1. The first-order chi connectivity index (χ1) is 6.18. The minimum Gasteiger partial charge on any atom is -0.492 e. The highest BCUT2D eigenvalue weighted by atomic mass is 35.5. The predicted molar refractivity (Wildman–Crippen MR) is 50.6 cm³/mol. The van der Waals surface area contributed by atoms with Crippen molar-refractivity contribution in [2.24, 2.45) is 0 Å². The number of aryl methyl sites for hydroxylation is 1. The number of carbonyl (C=O) groups excluding carboxylic acids is 1. The molecule has 0 aromatic heterocycles. The minimum atomic E-state index is 0.140. The number of carbonyl (C=O) groups is 1. The highest BCUT2D eigenvalue weighted by Gasteiger charge is 2.19. The summed E-state index contributed by atoms with van der Waals surface area (Å²) < 4.78 is 5.32. The zero-order valence-corrected chi connectivity index (χ0v) is 8.02. The van der Waals surface area contributed by atoms with Crippen LogP contribution in [0, 0.1) is 6.92 Å². The largest absolute Gasteiger partial charge is 0.492 e. The van der Waals surface area contributed by atoms with E-state index in [4.69, 9.17) is 16.3 Å². The molecule has 0 saturated carbocycles. The summed E-state index contributed by atoms with van der Waals surface area (Å²) in [5.41, 5.74) is 1.58. The molecule has 68 valence electrons. The van der Waals surface area contributed by atoms with Crippen LogP contribution in [0.25, 0.3) is 0 Å². The number of benzene rings is 1. The Morgan fingerprint density at radius 1 is 1.46 bits per heavy atom. The Morgan fingerprint density at radius 2 is 2.23 bits per heavy atom. The van der Waals surface area contributed by atoms with E-state index < -0.39 is 0 Å². The van der Waals surface area contributed by atoms with Crippen molar-refractivity contribution in [2.45, 2.75) is 13.3 Å². The Bertz CT molecular complexity index is 371. The maximum atomic E-state index is 11.4. The topological polar surface area (TPSA) is 26.3 Å². The van der Waals surface area contributed by atoms with Crippen molar-refractivity contribution in [1.82, 2.24) is 0 Å². The number of fused-ring (bicyclic) bond motifs is 1. The van der Waals surface area contributed by atoms with E-state index in [0.29, 0.717) is 29.4 Å². The molecule has 0 amide bonds. The van der Waals surface area contributed by atoms with Gasteiger partial charge in [-0.1, -0.05) is 11.6 Å². The van der Waals surface area contributed by atoms with Gasteiger partial charge in [-0.15, -0.1) is 0 Å². The molecule has 0 aliphatic carbocycles. The van der Waals surface area contributed by atoms with Gasteiger partial charge >= 0.3 is 0 Å². The first-order valence-electron chi connectivity index (χ1n) is 4.14. The van der Waals surface area contributed by atoms with Gasteiger partial charge in [0.15, 0.2) is 5.78 Å². The number of hydrogen-bond donors (Lipinski definition) is 0. The van der Waals surface area contributed by atoms with Gasteiger partial charge in [0.25, 0.3) is 0 Å². The number of rotatable bonds is 0. The van der Waals surface area contributed by atoms with E-state index >= 15 is 0 Å². The van der Waals surface area contributed by atoms with Crippen molar-refractivity contribution < 1.29 is 9.53 Å². The van der Waals surface area contributed by atoms with Gasteiger partial charge < -0.3 is 4.74 Å². The highest BCUT2D eigenvalue weighted by Crippen LogP contribution is 2.30. The van der Waals surface area contributed by atoms with Crippen LogP contribution >= 0.6 is 11.6 Å². The Hall–Kier alpha value is -1.02. The molecule has 2 rings (SSSR count). The molecule has 3 heteroatoms. The van der Waals surface area contributed by atoms with Crippen LogP contribution in [0.5, 0.6) is 5.75 Å². The van der Waals surface area contributed by atoms with Crippen LogP contribution in [0.2, 0.25) is 5.02 Å². The van der Waals surface area contributed by atoms with Crippen molar-refractivity contribution >= 4 is 17.4 Å². The van der Waals surface area contributed by atoms with Gasteiger partial charge in [-0.2, -0.15) is 0 Å². The Balaban J connectivity index is 2.58. The summed E-state index contributed by atoms with van der Waals surface area (Å²) in [4.78, 5) is 11.4. The summed E-state index contributed by atoms with van der Waals surface area (Å²) in [5.74, 6) is 0.757. The van der Waals surface area contributed by atoms with Gasteiger partial charge in [0.1, 0.15) is 5.75 Å². The summed E-state index contributed by atoms with van der Waals surface area (Å²) in [6, 6.07) is 3.50. The predicted octanol–water partition coefficient (Wildman–Crippen LogP) is 2.61. The second kappa shape index (κ2) is 3.04. The van der Waals surface area contributed by atoms with Crippen LogP contribution < -0.4 is 4.74 Å². The zero-order chi connectivity index (χ0) is 9.42. The normalized spacial score (nSPS) is 15.1. The maximum absolute atomic E-state index is 11.4. The Kier molecular flexibility index (Phi) is 2.00. The van der Waals surface area contributed by atoms with E-state index in [1.807, 2.05) is 6.92 Å². The molecule has 0 N–H and O–H groups in total. The molecule has 0 spiro atoms. The van der Waals surface area contributed by atoms with Crippen LogP contribution in [-0.4, -0.2) is 12.4 Å². The molecule has 0 atom stereocenters. The van der Waals surface area contributed by atoms with E-state index in [2.05, 4.69) is 0 Å². The van der Waals surface area contributed by atoms with Crippen molar-refractivity contribution in [3.63, 3.8) is 0 Å². The van der Waals surface area contributed by atoms with Crippen LogP contribution in [0.3, 0.4) is 0 Å². The highest BCUT2D eigenvalue weighted by molar-refractivity contribution is 6.31. The minimum absolute atomic E-state index is 0.140. The number of halogens is 1. The monoisotopic (exact) mass is 196 g/mol. The third kappa shape index (κ3) is 1.42. The summed E-state index contributed by atoms with van der Waals surface area (Å²) in [7, 11) is 0. The third-order valence-electron chi connectivity index (χ3n) is 2.15. The molecule has 1 aliphatic rings. The Labute approximate surface area is 81.5 Å². The van der Waals surface area contributed by atoms with Crippen LogP contribution in [0.1, 0.15) is 22.3 Å². The first kappa shape index (κ1) is 8.57. The van der Waals surface area contributed by atoms with Crippen molar-refractivity contribution in [3.8, 4) is 5.75 Å². The number of ether oxygens (including phenoxy) is 1. The lowest BCUT2D eigenvalue weighted by molar-refractivity contribution is 0.0933. The summed E-state index contributed by atoms with van der Waals surface area (Å²) in [5, 5.41) is 0.647. The SMILES string of the molecule is Cc1cc2c(cc1Cl)OCCC2=O. The second-order valence-electron chi connectivity index (χ2n) is 3.12. The van der Waals surface area contributed by atoms with Gasteiger partial charge in [0.2, 0.25) is 0 Å². The molecule has 13 heavy (non-hydrogen) atoms. The van der Waals surface area contributed by atoms with Gasteiger partial charge in [0.05, 0.1) is 12.2 Å². The zero-order valence-electron chi connectivity index (χ0n) is 7.26. The van der Waals surface area contributed by atoms with Crippen molar-refractivity contribution in [1.29, 1.82) is 0 Å².